The largest absolute Gasteiger partial charge is 0.309 e. The Labute approximate surface area is 140 Å². The lowest BCUT2D eigenvalue weighted by molar-refractivity contribution is 0.592. The van der Waals surface area contributed by atoms with E-state index in [1.54, 1.807) is 0 Å². The maximum Gasteiger partial charge on any atom is 0.182 e. The lowest BCUT2D eigenvalue weighted by Gasteiger charge is -2.20. The second-order valence-corrected chi connectivity index (χ2v) is 9.14. The molecule has 0 aliphatic rings. The molecule has 3 aromatic carbocycles. The summed E-state index contributed by atoms with van der Waals surface area (Å²) in [6, 6.07) is 26.3. The van der Waals surface area contributed by atoms with Crippen LogP contribution in [0.15, 0.2) is 84.9 Å². The third kappa shape index (κ3) is 2.71. The summed E-state index contributed by atoms with van der Waals surface area (Å²) in [5.74, 6) is 0. The van der Waals surface area contributed by atoms with Crippen LogP contribution in [0.5, 0.6) is 0 Å². The van der Waals surface area contributed by atoms with Gasteiger partial charge in [0.05, 0.1) is 3.57 Å². The third-order valence-electron chi connectivity index (χ3n) is 3.51. The lowest BCUT2D eigenvalue weighted by Crippen LogP contribution is -2.26. The lowest BCUT2D eigenvalue weighted by atomic mass is 10.4. The summed E-state index contributed by atoms with van der Waals surface area (Å²) in [4.78, 5) is 0. The van der Waals surface area contributed by atoms with Crippen molar-refractivity contribution in [3.8, 4) is 0 Å². The van der Waals surface area contributed by atoms with Crippen LogP contribution in [0.1, 0.15) is 0 Å². The fourth-order valence-corrected chi connectivity index (χ4v) is 7.20. The van der Waals surface area contributed by atoms with Crippen molar-refractivity contribution in [3.63, 3.8) is 0 Å². The van der Waals surface area contributed by atoms with E-state index in [0.717, 1.165) is 10.6 Å². The summed E-state index contributed by atoms with van der Waals surface area (Å²) < 4.78 is 26.4. The van der Waals surface area contributed by atoms with E-state index in [-0.39, 0.29) is 0 Å². The van der Waals surface area contributed by atoms with Crippen molar-refractivity contribution < 1.29 is 7.63 Å². The van der Waals surface area contributed by atoms with Crippen molar-refractivity contribution in [2.75, 3.05) is 0 Å². The Bertz CT molecular complexity index is 788. The van der Waals surface area contributed by atoms with E-state index in [0.29, 0.717) is 8.87 Å². The summed E-state index contributed by atoms with van der Waals surface area (Å²) in [6.07, 6.45) is 0. The van der Waals surface area contributed by atoms with Crippen molar-refractivity contribution in [2.24, 2.45) is 0 Å². The Morgan fingerprint density at radius 1 is 0.636 bits per heavy atom. The van der Waals surface area contributed by atoms with E-state index in [9.17, 15) is 7.63 Å². The highest BCUT2D eigenvalue weighted by Gasteiger charge is 2.31. The first-order valence-corrected chi connectivity index (χ1v) is 10.5. The van der Waals surface area contributed by atoms with Gasteiger partial charge in [0, 0.05) is 15.9 Å². The molecule has 3 rings (SSSR count). The monoisotopic (exact) mass is 420 g/mol. The Morgan fingerprint density at radius 2 is 1.09 bits per heavy atom. The van der Waals surface area contributed by atoms with Gasteiger partial charge in [-0.3, -0.25) is 3.07 Å². The van der Waals surface area contributed by atoms with Gasteiger partial charge in [0.15, 0.2) is 28.3 Å². The molecule has 0 aliphatic heterocycles. The van der Waals surface area contributed by atoms with E-state index in [4.69, 9.17) is 0 Å². The van der Waals surface area contributed by atoms with Crippen LogP contribution in [0.4, 0.5) is 0 Å². The molecular weight excluding hydrogens is 406 g/mol. The van der Waals surface area contributed by atoms with Crippen LogP contribution in [0.25, 0.3) is 0 Å². The minimum Gasteiger partial charge on any atom is -0.309 e. The Hall–Kier alpha value is -1.58. The zero-order valence-electron chi connectivity index (χ0n) is 11.7. The van der Waals surface area contributed by atoms with E-state index in [1.807, 2.05) is 84.9 Å². The van der Waals surface area contributed by atoms with Gasteiger partial charge in [0.1, 0.15) is 0 Å². The second kappa shape index (κ2) is 6.67. The summed E-state index contributed by atoms with van der Waals surface area (Å²) in [5.41, 5.74) is 0. The standard InChI is InChI=1S/C18H14IO2P/c20-19-17-13-7-8-14-18(17)22(21,15-9-3-1-4-10-15)16-11-5-2-6-12-16/h1-14H. The van der Waals surface area contributed by atoms with Gasteiger partial charge >= 0.3 is 0 Å². The van der Waals surface area contributed by atoms with Crippen molar-refractivity contribution in [2.45, 2.75) is 0 Å². The van der Waals surface area contributed by atoms with Gasteiger partial charge in [-0.15, -0.1) is 0 Å². The highest BCUT2D eigenvalue weighted by Crippen LogP contribution is 2.43. The maximum absolute atomic E-state index is 14.1. The third-order valence-corrected chi connectivity index (χ3v) is 8.48. The van der Waals surface area contributed by atoms with Gasteiger partial charge in [0.2, 0.25) is 0 Å². The van der Waals surface area contributed by atoms with E-state index in [1.165, 1.54) is 0 Å². The van der Waals surface area contributed by atoms with E-state index < -0.39 is 28.3 Å². The number of benzene rings is 3. The molecule has 0 amide bonds. The van der Waals surface area contributed by atoms with E-state index in [2.05, 4.69) is 0 Å². The van der Waals surface area contributed by atoms with Gasteiger partial charge in [-0.2, -0.15) is 0 Å². The maximum atomic E-state index is 14.1. The Kier molecular flexibility index (Phi) is 4.65. The fraction of sp³-hybridized carbons (Fsp3) is 0. The molecule has 3 aromatic rings. The first kappa shape index (κ1) is 15.3. The summed E-state index contributed by atoms with van der Waals surface area (Å²) in [5, 5.41) is 2.23. The summed E-state index contributed by atoms with van der Waals surface area (Å²) >= 11 is -1.38. The zero-order chi connectivity index (χ0) is 15.4. The number of hydrogen-bond acceptors (Lipinski definition) is 2. The molecule has 4 heteroatoms. The molecule has 0 saturated carbocycles. The van der Waals surface area contributed by atoms with Crippen LogP contribution in [0.2, 0.25) is 0 Å². The van der Waals surface area contributed by atoms with Crippen LogP contribution in [0, 0.1) is 3.57 Å². The molecule has 0 unspecified atom stereocenters. The van der Waals surface area contributed by atoms with Gasteiger partial charge in [-0.1, -0.05) is 72.8 Å². The second-order valence-electron chi connectivity index (χ2n) is 4.81. The van der Waals surface area contributed by atoms with Crippen LogP contribution in [-0.4, -0.2) is 0 Å². The van der Waals surface area contributed by atoms with Crippen LogP contribution in [0.3, 0.4) is 0 Å². The molecular formula is C18H14IO2P. The zero-order valence-corrected chi connectivity index (χ0v) is 14.8. The van der Waals surface area contributed by atoms with Crippen LogP contribution in [-0.2, 0) is 7.63 Å². The molecule has 0 bridgehead atoms. The van der Waals surface area contributed by atoms with Gasteiger partial charge in [-0.25, -0.2) is 0 Å². The summed E-state index contributed by atoms with van der Waals surface area (Å²) in [7, 11) is -3.00. The molecule has 0 N–H and O–H groups in total. The highest BCUT2D eigenvalue weighted by molar-refractivity contribution is 14.1. The topological polar surface area (TPSA) is 34.1 Å². The molecule has 0 aliphatic carbocycles. The molecule has 110 valence electrons. The quantitative estimate of drug-likeness (QED) is 0.475. The number of rotatable bonds is 4. The average molecular weight is 420 g/mol. The van der Waals surface area contributed by atoms with Crippen molar-refractivity contribution >= 4 is 44.2 Å². The van der Waals surface area contributed by atoms with Gasteiger partial charge < -0.3 is 4.57 Å². The van der Waals surface area contributed by atoms with E-state index >= 15 is 0 Å². The van der Waals surface area contributed by atoms with Crippen LogP contribution < -0.4 is 15.9 Å². The van der Waals surface area contributed by atoms with Crippen molar-refractivity contribution in [3.05, 3.63) is 88.5 Å². The van der Waals surface area contributed by atoms with Gasteiger partial charge in [0.25, 0.3) is 0 Å². The minimum atomic E-state index is -3.00. The molecule has 22 heavy (non-hydrogen) atoms. The Morgan fingerprint density at radius 3 is 1.59 bits per heavy atom. The molecule has 0 radical (unpaired) electrons. The normalized spacial score (nSPS) is 11.3. The molecule has 2 nitrogen and oxygen atoms in total. The van der Waals surface area contributed by atoms with Crippen molar-refractivity contribution in [1.82, 2.24) is 0 Å². The first-order chi connectivity index (χ1) is 10.8. The predicted molar refractivity (Wildman–Crippen MR) is 99.2 cm³/mol. The van der Waals surface area contributed by atoms with Gasteiger partial charge in [-0.05, 0) is 12.1 Å². The molecule has 0 aromatic heterocycles. The fourth-order valence-electron chi connectivity index (χ4n) is 2.48. The average Bonchev–Trinajstić information content (AvgIpc) is 2.62. The highest BCUT2D eigenvalue weighted by atomic mass is 127. The molecule has 0 spiro atoms. The molecule has 0 saturated heterocycles. The smallest absolute Gasteiger partial charge is 0.182 e. The number of hydrogen-bond donors (Lipinski definition) is 0. The van der Waals surface area contributed by atoms with Crippen molar-refractivity contribution in [1.29, 1.82) is 0 Å². The minimum absolute atomic E-state index is 0.690. The summed E-state index contributed by atoms with van der Waals surface area (Å²) in [6.45, 7) is 0. The SMILES string of the molecule is O=Ic1ccccc1P(=O)(c1ccccc1)c1ccccc1. The van der Waals surface area contributed by atoms with Crippen LogP contribution >= 0.6 is 28.3 Å². The first-order valence-electron chi connectivity index (χ1n) is 6.85. The predicted octanol–water partition coefficient (Wildman–Crippen LogP) is 3.81. The molecule has 0 atom stereocenters. The molecule has 0 fully saturated rings. The molecule has 0 heterocycles. The Balaban J connectivity index is 2.34. The number of halogens is 1.